The first kappa shape index (κ1) is 10.7. The van der Waals surface area contributed by atoms with Gasteiger partial charge >= 0.3 is 76.0 Å². The van der Waals surface area contributed by atoms with E-state index in [0.717, 1.165) is 0 Å². The zero-order chi connectivity index (χ0) is 7.66. The summed E-state index contributed by atoms with van der Waals surface area (Å²) in [7, 11) is 5.58. The molecule has 0 saturated heterocycles. The molecule has 0 aromatic carbocycles. The van der Waals surface area contributed by atoms with Crippen molar-refractivity contribution in [2.45, 2.75) is 39.0 Å². The Labute approximate surface area is 76.0 Å². The van der Waals surface area contributed by atoms with Gasteiger partial charge in [0.05, 0.1) is 0 Å². The van der Waals surface area contributed by atoms with Crippen LogP contribution in [0.1, 0.15) is 39.0 Å². The summed E-state index contributed by atoms with van der Waals surface area (Å²) in [6, 6.07) is 0. The number of unbranched alkanes of at least 4 members (excludes halogenated alkanes) is 4. The van der Waals surface area contributed by atoms with Gasteiger partial charge in [0.1, 0.15) is 0 Å². The summed E-state index contributed by atoms with van der Waals surface area (Å²) in [4.78, 5) is 0. The van der Waals surface area contributed by atoms with Crippen LogP contribution in [0.5, 0.6) is 0 Å². The van der Waals surface area contributed by atoms with E-state index >= 15 is 0 Å². The summed E-state index contributed by atoms with van der Waals surface area (Å²) in [6.07, 6.45) is 8.88. The zero-order valence-electron chi connectivity index (χ0n) is 6.40. The van der Waals surface area contributed by atoms with E-state index in [-0.39, 0.29) is 16.7 Å². The predicted molar refractivity (Wildman–Crippen MR) is 43.8 cm³/mol. The summed E-state index contributed by atoms with van der Waals surface area (Å²) in [5.74, 6) is 0. The Kier molecular flexibility index (Phi) is 10.3. The first-order valence-electron chi connectivity index (χ1n) is 3.77. The van der Waals surface area contributed by atoms with Gasteiger partial charge < -0.3 is 0 Å². The van der Waals surface area contributed by atoms with Crippen LogP contribution in [0.3, 0.4) is 0 Å². The molecule has 0 amide bonds. The Morgan fingerprint density at radius 2 is 2.10 bits per heavy atom. The molecule has 0 nitrogen and oxygen atoms in total. The van der Waals surface area contributed by atoms with E-state index < -0.39 is 0 Å². The Balaban J connectivity index is 2.83. The Hall–Kier alpha value is 0.679. The van der Waals surface area contributed by atoms with Crippen LogP contribution in [0.15, 0.2) is 10.7 Å². The van der Waals surface area contributed by atoms with E-state index in [1.807, 2.05) is 0 Å². The van der Waals surface area contributed by atoms with Crippen LogP contribution in [-0.2, 0) is 16.7 Å². The summed E-state index contributed by atoms with van der Waals surface area (Å²) in [5.41, 5.74) is 0. The first-order chi connectivity index (χ1) is 4.91. The molecular weight excluding hydrogens is 324 g/mol. The topological polar surface area (TPSA) is 0 Å². The van der Waals surface area contributed by atoms with E-state index in [4.69, 9.17) is 9.58 Å². The van der Waals surface area contributed by atoms with Crippen molar-refractivity contribution in [1.29, 1.82) is 0 Å². The molecule has 0 bridgehead atoms. The molecule has 0 spiro atoms. The molecule has 0 fully saturated rings. The summed E-state index contributed by atoms with van der Waals surface area (Å²) >= 11 is -0.234. The molecule has 2 heteroatoms. The van der Waals surface area contributed by atoms with Crippen molar-refractivity contribution in [3.63, 3.8) is 0 Å². The Bertz CT molecular complexity index is 81.3. The molecule has 0 atom stereocenters. The van der Waals surface area contributed by atoms with Gasteiger partial charge in [0, 0.05) is 0 Å². The fourth-order valence-electron chi connectivity index (χ4n) is 0.774. The van der Waals surface area contributed by atoms with Crippen LogP contribution in [0, 0.1) is 0 Å². The molecule has 0 aliphatic carbocycles. The molecule has 0 aliphatic heterocycles. The molecule has 0 unspecified atom stereocenters. The normalized spacial score (nSPS) is 11.4. The fourth-order valence-corrected chi connectivity index (χ4v) is 1.87. The van der Waals surface area contributed by atoms with Gasteiger partial charge in [-0.2, -0.15) is 0 Å². The van der Waals surface area contributed by atoms with Crippen LogP contribution in [0.2, 0.25) is 0 Å². The third-order valence-corrected chi connectivity index (χ3v) is 2.90. The van der Waals surface area contributed by atoms with Crippen LogP contribution in [-0.4, -0.2) is 0 Å². The third-order valence-electron chi connectivity index (χ3n) is 1.34. The minimum atomic E-state index is -0.234. The average Bonchev–Trinajstić information content (AvgIpc) is 1.97. The second-order valence-electron chi connectivity index (χ2n) is 2.27. The van der Waals surface area contributed by atoms with Crippen molar-refractivity contribution in [1.82, 2.24) is 0 Å². The van der Waals surface area contributed by atoms with E-state index in [1.54, 1.807) is 0 Å². The minimum absolute atomic E-state index is 0.234. The van der Waals surface area contributed by atoms with Gasteiger partial charge in [0.2, 0.25) is 0 Å². The molecule has 0 aromatic rings. The third kappa shape index (κ3) is 8.68. The van der Waals surface area contributed by atoms with Gasteiger partial charge in [-0.15, -0.1) is 0 Å². The van der Waals surface area contributed by atoms with Crippen LogP contribution >= 0.6 is 9.58 Å². The van der Waals surface area contributed by atoms with Gasteiger partial charge in [-0.25, -0.2) is 0 Å². The van der Waals surface area contributed by atoms with Crippen molar-refractivity contribution in [2.75, 3.05) is 0 Å². The second-order valence-corrected chi connectivity index (χ2v) is 4.78. The number of allylic oxidation sites excluding steroid dienone is 1. The molecule has 0 saturated carbocycles. The molecule has 0 N–H and O–H groups in total. The molecule has 0 radical (unpaired) electrons. The standard InChI is InChI=1S/C8H15.ClH.Ir/c1-3-5-7-8-6-4-2;;/h1,3H,4-8H2,2H3;1H;/q;;+1/p-1. The number of halogens is 1. The van der Waals surface area contributed by atoms with Crippen molar-refractivity contribution in [2.24, 2.45) is 0 Å². The molecule has 0 aliphatic rings. The molecule has 10 heavy (non-hydrogen) atoms. The summed E-state index contributed by atoms with van der Waals surface area (Å²) in [5, 5.41) is 0. The van der Waals surface area contributed by atoms with E-state index in [2.05, 4.69) is 17.6 Å². The van der Waals surface area contributed by atoms with E-state index in [9.17, 15) is 0 Å². The maximum absolute atomic E-state index is 5.58. The van der Waals surface area contributed by atoms with E-state index in [0.29, 0.717) is 0 Å². The van der Waals surface area contributed by atoms with Gasteiger partial charge in [0.15, 0.2) is 0 Å². The van der Waals surface area contributed by atoms with Crippen LogP contribution in [0.25, 0.3) is 0 Å². The molecule has 0 rings (SSSR count). The van der Waals surface area contributed by atoms with Crippen LogP contribution < -0.4 is 0 Å². The van der Waals surface area contributed by atoms with E-state index in [1.165, 1.54) is 32.1 Å². The second kappa shape index (κ2) is 9.68. The Morgan fingerprint density at radius 3 is 2.70 bits per heavy atom. The summed E-state index contributed by atoms with van der Waals surface area (Å²) in [6.45, 7) is 2.24. The monoisotopic (exact) mass is 339 g/mol. The van der Waals surface area contributed by atoms with Crippen molar-refractivity contribution in [3.05, 3.63) is 10.7 Å². The first-order valence-corrected chi connectivity index (χ1v) is 8.12. The molecule has 63 valence electrons. The Morgan fingerprint density at radius 1 is 1.30 bits per heavy atom. The average molecular weight is 339 g/mol. The number of hydrogen-bond acceptors (Lipinski definition) is 0. The van der Waals surface area contributed by atoms with Crippen LogP contribution in [0.4, 0.5) is 0 Å². The van der Waals surface area contributed by atoms with Gasteiger partial charge in [-0.3, -0.25) is 0 Å². The predicted octanol–water partition coefficient (Wildman–Crippen LogP) is 3.71. The number of rotatable bonds is 6. The quantitative estimate of drug-likeness (QED) is 0.648. The molecule has 0 aromatic heterocycles. The van der Waals surface area contributed by atoms with Crippen molar-refractivity contribution in [3.8, 4) is 0 Å². The van der Waals surface area contributed by atoms with Crippen molar-refractivity contribution < 1.29 is 16.7 Å². The van der Waals surface area contributed by atoms with Gasteiger partial charge in [-0.1, -0.05) is 0 Å². The SMILES string of the molecule is CCCCCCC=[CH][Ir][Cl]. The maximum atomic E-state index is 5.58. The fraction of sp³-hybridized carbons (Fsp3) is 0.750. The zero-order valence-corrected chi connectivity index (χ0v) is 9.55. The van der Waals surface area contributed by atoms with Crippen molar-refractivity contribution >= 4 is 9.58 Å². The number of hydrogen-bond donors (Lipinski definition) is 0. The summed E-state index contributed by atoms with van der Waals surface area (Å²) < 4.78 is 2.15. The van der Waals surface area contributed by atoms with Gasteiger partial charge in [-0.05, 0) is 0 Å². The molecular formula is C8H15ClIr. The molecule has 0 heterocycles. The van der Waals surface area contributed by atoms with Gasteiger partial charge in [0.25, 0.3) is 0 Å².